The molecule has 0 aliphatic heterocycles. The van der Waals surface area contributed by atoms with Crippen LogP contribution in [0.25, 0.3) is 10.8 Å². The smallest absolute Gasteiger partial charge is 0.377 e. The molecule has 0 aliphatic rings. The third-order valence-corrected chi connectivity index (χ3v) is 3.13. The van der Waals surface area contributed by atoms with E-state index in [4.69, 9.17) is 9.63 Å². The molecule has 0 fully saturated rings. The molecule has 2 aromatic rings. The number of carboxylic acids is 1. The second-order valence-corrected chi connectivity index (χ2v) is 4.33. The van der Waals surface area contributed by atoms with Gasteiger partial charge in [0.15, 0.2) is 0 Å². The zero-order chi connectivity index (χ0) is 11.0. The fraction of sp³-hybridized carbons (Fsp3) is 0.222. The summed E-state index contributed by atoms with van der Waals surface area (Å²) < 4.78 is 4.85. The van der Waals surface area contributed by atoms with E-state index in [9.17, 15) is 4.79 Å². The second kappa shape index (κ2) is 3.47. The minimum absolute atomic E-state index is 0.258. The first kappa shape index (κ1) is 9.85. The molecule has 15 heavy (non-hydrogen) atoms. The van der Waals surface area contributed by atoms with E-state index >= 15 is 0 Å². The number of aromatic nitrogens is 2. The van der Waals surface area contributed by atoms with Crippen molar-refractivity contribution in [2.75, 3.05) is 0 Å². The number of aromatic carboxylic acids is 1. The van der Waals surface area contributed by atoms with Gasteiger partial charge in [-0.05, 0) is 30.6 Å². The van der Waals surface area contributed by atoms with Gasteiger partial charge in [-0.3, -0.25) is 0 Å². The number of hydrogen-bond donors (Lipinski definition) is 1. The van der Waals surface area contributed by atoms with Gasteiger partial charge in [0.05, 0.1) is 4.88 Å². The predicted molar refractivity (Wildman–Crippen MR) is 54.0 cm³/mol. The molecule has 0 unspecified atom stereocenters. The molecule has 2 heterocycles. The van der Waals surface area contributed by atoms with Crippen LogP contribution in [-0.2, 0) is 0 Å². The third kappa shape index (κ3) is 1.75. The Hall–Kier alpha value is -1.69. The van der Waals surface area contributed by atoms with Crippen molar-refractivity contribution < 1.29 is 14.4 Å². The van der Waals surface area contributed by atoms with E-state index in [-0.39, 0.29) is 11.7 Å². The first-order valence-electron chi connectivity index (χ1n) is 4.22. The number of nitrogens with zero attached hydrogens (tertiary/aromatic N) is 2. The van der Waals surface area contributed by atoms with Gasteiger partial charge in [-0.2, -0.15) is 4.98 Å². The van der Waals surface area contributed by atoms with Crippen LogP contribution in [-0.4, -0.2) is 21.2 Å². The lowest BCUT2D eigenvalue weighted by atomic mass is 10.3. The lowest BCUT2D eigenvalue weighted by molar-refractivity contribution is 0.0680. The van der Waals surface area contributed by atoms with Crippen LogP contribution in [0.1, 0.15) is 21.1 Å². The molecule has 0 saturated heterocycles. The van der Waals surface area contributed by atoms with E-state index in [1.807, 2.05) is 19.9 Å². The molecule has 1 N–H and O–H groups in total. The molecule has 78 valence electrons. The number of carboxylic acid groups (broad SMARTS) is 1. The van der Waals surface area contributed by atoms with Crippen LogP contribution in [0.15, 0.2) is 10.6 Å². The van der Waals surface area contributed by atoms with E-state index in [1.165, 1.54) is 11.3 Å². The van der Waals surface area contributed by atoms with Crippen molar-refractivity contribution >= 4 is 17.3 Å². The summed E-state index contributed by atoms with van der Waals surface area (Å²) in [6.45, 7) is 3.96. The molecule has 5 nitrogen and oxygen atoms in total. The summed E-state index contributed by atoms with van der Waals surface area (Å²) in [5.74, 6) is -1.24. The summed E-state index contributed by atoms with van der Waals surface area (Å²) in [5.41, 5.74) is 1.13. The number of rotatable bonds is 2. The summed E-state index contributed by atoms with van der Waals surface area (Å²) in [5, 5.41) is 12.0. The zero-order valence-electron chi connectivity index (χ0n) is 8.14. The average Bonchev–Trinajstić information content (AvgIpc) is 2.74. The summed E-state index contributed by atoms with van der Waals surface area (Å²) in [6.07, 6.45) is 0. The highest BCUT2D eigenvalue weighted by molar-refractivity contribution is 7.15. The maximum atomic E-state index is 10.5. The van der Waals surface area contributed by atoms with Gasteiger partial charge in [-0.25, -0.2) is 4.79 Å². The van der Waals surface area contributed by atoms with Gasteiger partial charge in [0.2, 0.25) is 0 Å². The topological polar surface area (TPSA) is 76.2 Å². The van der Waals surface area contributed by atoms with Crippen molar-refractivity contribution in [2.45, 2.75) is 13.8 Å². The van der Waals surface area contributed by atoms with E-state index in [0.29, 0.717) is 0 Å². The Labute approximate surface area is 89.4 Å². The molecule has 0 bridgehead atoms. The minimum atomic E-state index is -1.19. The molecule has 6 heteroatoms. The highest BCUT2D eigenvalue weighted by atomic mass is 32.1. The molecule has 0 amide bonds. The molecule has 0 aliphatic carbocycles. The first-order valence-corrected chi connectivity index (χ1v) is 5.04. The minimum Gasteiger partial charge on any atom is -0.475 e. The Morgan fingerprint density at radius 3 is 2.73 bits per heavy atom. The van der Waals surface area contributed by atoms with E-state index < -0.39 is 5.97 Å². The Morgan fingerprint density at radius 1 is 1.53 bits per heavy atom. The normalized spacial score (nSPS) is 10.5. The standard InChI is InChI=1S/C9H8N2O3S/c1-4-3-6(15-5(4)2)8-10-7(9(12)13)11-14-8/h3H,1-2H3,(H,12,13). The van der Waals surface area contributed by atoms with E-state index in [0.717, 1.165) is 15.3 Å². The highest BCUT2D eigenvalue weighted by Crippen LogP contribution is 2.29. The van der Waals surface area contributed by atoms with Gasteiger partial charge in [-0.1, -0.05) is 0 Å². The Bertz CT molecular complexity index is 496. The Kier molecular flexibility index (Phi) is 2.28. The Morgan fingerprint density at radius 2 is 2.27 bits per heavy atom. The fourth-order valence-electron chi connectivity index (χ4n) is 1.09. The van der Waals surface area contributed by atoms with Crippen molar-refractivity contribution in [1.29, 1.82) is 0 Å². The van der Waals surface area contributed by atoms with Crippen LogP contribution in [0.4, 0.5) is 0 Å². The fourth-order valence-corrected chi connectivity index (χ4v) is 2.04. The van der Waals surface area contributed by atoms with Crippen LogP contribution in [0, 0.1) is 13.8 Å². The van der Waals surface area contributed by atoms with Crippen LogP contribution in [0.2, 0.25) is 0 Å². The number of aryl methyl sites for hydroxylation is 2. The van der Waals surface area contributed by atoms with Crippen molar-refractivity contribution in [3.63, 3.8) is 0 Å². The summed E-state index contributed by atoms with van der Waals surface area (Å²) in [7, 11) is 0. The van der Waals surface area contributed by atoms with E-state index in [2.05, 4.69) is 10.1 Å². The summed E-state index contributed by atoms with van der Waals surface area (Å²) >= 11 is 1.50. The van der Waals surface area contributed by atoms with Crippen molar-refractivity contribution in [2.24, 2.45) is 0 Å². The quantitative estimate of drug-likeness (QED) is 0.845. The SMILES string of the molecule is Cc1cc(-c2nc(C(=O)O)no2)sc1C. The predicted octanol–water partition coefficient (Wildman–Crippen LogP) is 2.11. The average molecular weight is 224 g/mol. The van der Waals surface area contributed by atoms with Crippen LogP contribution in [0.5, 0.6) is 0 Å². The first-order chi connectivity index (χ1) is 7.08. The lowest BCUT2D eigenvalue weighted by Crippen LogP contribution is -1.97. The summed E-state index contributed by atoms with van der Waals surface area (Å²) in [4.78, 5) is 16.3. The van der Waals surface area contributed by atoms with Gasteiger partial charge in [0.1, 0.15) is 0 Å². The zero-order valence-corrected chi connectivity index (χ0v) is 8.96. The van der Waals surface area contributed by atoms with Gasteiger partial charge < -0.3 is 9.63 Å². The molecule has 0 aromatic carbocycles. The monoisotopic (exact) mass is 224 g/mol. The van der Waals surface area contributed by atoms with Gasteiger partial charge in [0, 0.05) is 4.88 Å². The lowest BCUT2D eigenvalue weighted by Gasteiger charge is -1.82. The molecular formula is C9H8N2O3S. The molecule has 2 aromatic heterocycles. The van der Waals surface area contributed by atoms with Crippen molar-refractivity contribution in [3.05, 3.63) is 22.3 Å². The third-order valence-electron chi connectivity index (χ3n) is 1.99. The highest BCUT2D eigenvalue weighted by Gasteiger charge is 2.16. The maximum absolute atomic E-state index is 10.5. The van der Waals surface area contributed by atoms with Crippen LogP contribution in [0.3, 0.4) is 0 Å². The van der Waals surface area contributed by atoms with Crippen LogP contribution >= 0.6 is 11.3 Å². The number of thiophene rings is 1. The van der Waals surface area contributed by atoms with Gasteiger partial charge in [-0.15, -0.1) is 11.3 Å². The molecule has 0 atom stereocenters. The Balaban J connectivity index is 2.41. The second-order valence-electron chi connectivity index (χ2n) is 3.08. The molecule has 0 saturated carbocycles. The number of hydrogen-bond acceptors (Lipinski definition) is 5. The van der Waals surface area contributed by atoms with E-state index in [1.54, 1.807) is 0 Å². The van der Waals surface area contributed by atoms with Gasteiger partial charge >= 0.3 is 5.97 Å². The molecule has 0 radical (unpaired) electrons. The summed E-state index contributed by atoms with van der Waals surface area (Å²) in [6, 6.07) is 1.90. The largest absolute Gasteiger partial charge is 0.475 e. The molecular weight excluding hydrogens is 216 g/mol. The molecule has 2 rings (SSSR count). The molecule has 0 spiro atoms. The number of carbonyl (C=O) groups is 1. The van der Waals surface area contributed by atoms with Crippen molar-refractivity contribution in [3.8, 4) is 10.8 Å². The van der Waals surface area contributed by atoms with Crippen LogP contribution < -0.4 is 0 Å². The van der Waals surface area contributed by atoms with Crippen molar-refractivity contribution in [1.82, 2.24) is 10.1 Å². The maximum Gasteiger partial charge on any atom is 0.377 e. The van der Waals surface area contributed by atoms with Gasteiger partial charge in [0.25, 0.3) is 11.7 Å².